The second kappa shape index (κ2) is 17.5. The third kappa shape index (κ3) is 3830. The van der Waals surface area contributed by atoms with Gasteiger partial charge in [0.25, 0.3) is 11.9 Å². The van der Waals surface area contributed by atoms with Crippen molar-refractivity contribution in [1.82, 2.24) is 0 Å². The Hall–Kier alpha value is -1.50. The van der Waals surface area contributed by atoms with Crippen molar-refractivity contribution in [2.24, 2.45) is 0 Å². The summed E-state index contributed by atoms with van der Waals surface area (Å²) in [5.41, 5.74) is 0. The van der Waals surface area contributed by atoms with Gasteiger partial charge in [-0.1, -0.05) is 0 Å². The van der Waals surface area contributed by atoms with Gasteiger partial charge in [-0.25, -0.2) is 4.79 Å². The third-order valence-corrected chi connectivity index (χ3v) is 0.0956. The summed E-state index contributed by atoms with van der Waals surface area (Å²) >= 11 is 0. The Morgan fingerprint density at radius 3 is 1.07 bits per heavy atom. The van der Waals surface area contributed by atoms with Crippen LogP contribution in [0.4, 0.5) is 0 Å². The fourth-order valence-corrected chi connectivity index (χ4v) is 0. The number of carbonyl (C=O) groups is 3. The molecule has 0 aliphatic heterocycles. The van der Waals surface area contributed by atoms with E-state index in [4.69, 9.17) is 35.0 Å². The van der Waals surface area contributed by atoms with Gasteiger partial charge in [-0.3, -0.25) is 9.59 Å². The molecule has 0 heterocycles. The summed E-state index contributed by atoms with van der Waals surface area (Å²) in [6.07, 6.45) is 0. The van der Waals surface area contributed by atoms with E-state index in [1.165, 1.54) is 0 Å². The van der Waals surface area contributed by atoms with Crippen LogP contribution in [0.5, 0.6) is 0 Å². The van der Waals surface area contributed by atoms with Crippen LogP contribution >= 0.6 is 0 Å². The topological polar surface area (TPSA) is 136 Å². The first kappa shape index (κ1) is 22.9. The number of aliphatic carboxylic acids is 3. The molecule has 0 aliphatic rings. The van der Waals surface area contributed by atoms with E-state index in [9.17, 15) is 0 Å². The average molecular weight is 199 g/mol. The summed E-state index contributed by atoms with van der Waals surface area (Å²) in [5.74, 6) is -3.11. The Balaban J connectivity index is -0.0000000522. The zero-order chi connectivity index (χ0) is 11.4. The maximum absolute atomic E-state index is 9.01. The molecule has 14 heavy (non-hydrogen) atoms. The van der Waals surface area contributed by atoms with Crippen LogP contribution < -0.4 is 0 Å². The SMILES string of the molecule is CC(=O)O.CC(=O)O.N#CC(=O)O.[LiH]. The normalized spacial score (nSPS) is 5.50. The van der Waals surface area contributed by atoms with Gasteiger partial charge in [-0.15, -0.1) is 0 Å². The maximum atomic E-state index is 9.01. The molecule has 0 spiro atoms. The van der Waals surface area contributed by atoms with Gasteiger partial charge < -0.3 is 15.3 Å². The molecule has 0 radical (unpaired) electrons. The zero-order valence-electron chi connectivity index (χ0n) is 7.01. The number of nitrogens with zero attached hydrogens (tertiary/aromatic N) is 1. The van der Waals surface area contributed by atoms with Crippen molar-refractivity contribution in [3.8, 4) is 6.07 Å². The number of carboxylic acids is 3. The molecule has 0 atom stereocenters. The molecule has 0 saturated carbocycles. The number of hydrogen-bond donors (Lipinski definition) is 3. The van der Waals surface area contributed by atoms with E-state index >= 15 is 0 Å². The van der Waals surface area contributed by atoms with Crippen LogP contribution in [-0.2, 0) is 14.4 Å². The van der Waals surface area contributed by atoms with E-state index in [1.807, 2.05) is 0 Å². The van der Waals surface area contributed by atoms with Gasteiger partial charge in [0.05, 0.1) is 0 Å². The number of carboxylic acid groups (broad SMARTS) is 3. The Bertz CT molecular complexity index is 201. The van der Waals surface area contributed by atoms with Crippen LogP contribution in [-0.4, -0.2) is 52.1 Å². The van der Waals surface area contributed by atoms with Gasteiger partial charge >= 0.3 is 24.8 Å². The van der Waals surface area contributed by atoms with Gasteiger partial charge in [0.15, 0.2) is 6.07 Å². The zero-order valence-corrected chi connectivity index (χ0v) is 7.01. The minimum absolute atomic E-state index is 0. The summed E-state index contributed by atoms with van der Waals surface area (Å²) in [7, 11) is 0. The summed E-state index contributed by atoms with van der Waals surface area (Å²) in [6.45, 7) is 2.17. The molecule has 0 rings (SSSR count). The van der Waals surface area contributed by atoms with E-state index in [0.29, 0.717) is 0 Å². The standard InChI is InChI=1S/C2HNO2.2C2H4O2.Li.H/c3-1-2(4)5;2*1-2(3)4;;/h(H,4,5);2*1H3,(H,3,4);;. The van der Waals surface area contributed by atoms with Gasteiger partial charge in [0.1, 0.15) is 0 Å². The number of hydrogen-bond acceptors (Lipinski definition) is 4. The quantitative estimate of drug-likeness (QED) is 0.262. The molecular weight excluding hydrogens is 189 g/mol. The monoisotopic (exact) mass is 199 g/mol. The van der Waals surface area contributed by atoms with Crippen LogP contribution in [0.2, 0.25) is 0 Å². The van der Waals surface area contributed by atoms with Crippen LogP contribution in [0.1, 0.15) is 13.8 Å². The predicted molar refractivity (Wildman–Crippen MR) is 47.0 cm³/mol. The van der Waals surface area contributed by atoms with Crippen molar-refractivity contribution in [2.45, 2.75) is 13.8 Å². The van der Waals surface area contributed by atoms with E-state index in [2.05, 4.69) is 0 Å². The first-order valence-electron chi connectivity index (χ1n) is 2.76. The number of rotatable bonds is 0. The molecule has 8 heteroatoms. The van der Waals surface area contributed by atoms with Crippen molar-refractivity contribution in [3.63, 3.8) is 0 Å². The van der Waals surface area contributed by atoms with Gasteiger partial charge in [0.2, 0.25) is 0 Å². The van der Waals surface area contributed by atoms with Crippen molar-refractivity contribution < 1.29 is 29.7 Å². The van der Waals surface area contributed by atoms with Crippen molar-refractivity contribution >= 4 is 36.8 Å². The summed E-state index contributed by atoms with van der Waals surface area (Å²) in [5, 5.41) is 29.5. The van der Waals surface area contributed by atoms with Gasteiger partial charge in [-0.2, -0.15) is 5.26 Å². The molecule has 0 aromatic rings. The molecule has 76 valence electrons. The molecule has 0 aliphatic carbocycles. The first-order valence-corrected chi connectivity index (χ1v) is 2.76. The molecule has 0 unspecified atom stereocenters. The summed E-state index contributed by atoms with van der Waals surface area (Å²) in [6, 6.07) is 0.944. The molecule has 0 aromatic carbocycles. The van der Waals surface area contributed by atoms with E-state index in [1.54, 1.807) is 0 Å². The Morgan fingerprint density at radius 1 is 1.00 bits per heavy atom. The van der Waals surface area contributed by atoms with Crippen LogP contribution in [0.3, 0.4) is 0 Å². The fourth-order valence-electron chi connectivity index (χ4n) is 0. The van der Waals surface area contributed by atoms with Crippen molar-refractivity contribution in [1.29, 1.82) is 5.26 Å². The molecule has 0 aromatic heterocycles. The number of nitriles is 1. The van der Waals surface area contributed by atoms with E-state index < -0.39 is 17.9 Å². The Morgan fingerprint density at radius 2 is 1.07 bits per heavy atom. The second-order valence-corrected chi connectivity index (χ2v) is 1.45. The van der Waals surface area contributed by atoms with Crippen LogP contribution in [0.25, 0.3) is 0 Å². The fraction of sp³-hybridized carbons (Fsp3) is 0.333. The summed E-state index contributed by atoms with van der Waals surface area (Å²) in [4.78, 5) is 27.0. The van der Waals surface area contributed by atoms with E-state index in [0.717, 1.165) is 19.9 Å². The minimum atomic E-state index is -1.44. The Labute approximate surface area is 92.1 Å². The summed E-state index contributed by atoms with van der Waals surface area (Å²) < 4.78 is 0. The van der Waals surface area contributed by atoms with Crippen LogP contribution in [0, 0.1) is 11.3 Å². The first-order chi connectivity index (χ1) is 5.73. The van der Waals surface area contributed by atoms with Crippen LogP contribution in [0.15, 0.2) is 0 Å². The molecule has 0 saturated heterocycles. The van der Waals surface area contributed by atoms with Gasteiger partial charge in [-0.05, 0) is 0 Å². The van der Waals surface area contributed by atoms with Gasteiger partial charge in [0, 0.05) is 13.8 Å². The molecule has 0 amide bonds. The molecule has 7 nitrogen and oxygen atoms in total. The van der Waals surface area contributed by atoms with Crippen molar-refractivity contribution in [3.05, 3.63) is 0 Å². The third-order valence-electron chi connectivity index (χ3n) is 0.0956. The molecule has 3 N–H and O–H groups in total. The second-order valence-electron chi connectivity index (χ2n) is 1.45. The predicted octanol–water partition coefficient (Wildman–Crippen LogP) is -0.872. The molecule has 0 bridgehead atoms. The Kier molecular flexibility index (Phi) is 28.7. The molecule has 0 fully saturated rings. The molecular formula is C6H10LiNO6. The van der Waals surface area contributed by atoms with Crippen molar-refractivity contribution in [2.75, 3.05) is 0 Å². The van der Waals surface area contributed by atoms with E-state index in [-0.39, 0.29) is 18.9 Å². The average Bonchev–Trinajstić information content (AvgIpc) is 1.84.